The first kappa shape index (κ1) is 19.2. The van der Waals surface area contributed by atoms with Crippen LogP contribution in [-0.2, 0) is 6.54 Å². The van der Waals surface area contributed by atoms with E-state index in [1.54, 1.807) is 5.57 Å². The number of quaternary nitrogens is 1. The quantitative estimate of drug-likeness (QED) is 0.264. The molecule has 2 atom stereocenters. The summed E-state index contributed by atoms with van der Waals surface area (Å²) in [5.41, 5.74) is 6.30. The fourth-order valence-corrected chi connectivity index (χ4v) is 5.76. The molecular formula is C25H31IN+. The number of benzene rings is 2. The molecule has 0 heterocycles. The molecule has 5 rings (SSSR count). The molecule has 0 N–H and O–H groups in total. The average molecular weight is 472 g/mol. The van der Waals surface area contributed by atoms with Crippen molar-refractivity contribution in [2.75, 3.05) is 20.6 Å². The normalized spacial score (nSPS) is 23.5. The Hall–Kier alpha value is -1.13. The molecule has 3 aliphatic carbocycles. The number of fused-ring (bicyclic) bond motifs is 1. The monoisotopic (exact) mass is 472 g/mol. The summed E-state index contributed by atoms with van der Waals surface area (Å²) in [7, 11) is 4.75. The van der Waals surface area contributed by atoms with E-state index in [9.17, 15) is 0 Å². The Morgan fingerprint density at radius 1 is 1.00 bits per heavy atom. The third-order valence-corrected chi connectivity index (χ3v) is 7.81. The molecule has 0 radical (unpaired) electrons. The van der Waals surface area contributed by atoms with Crippen molar-refractivity contribution in [2.45, 2.75) is 33.2 Å². The van der Waals surface area contributed by atoms with Crippen LogP contribution in [0.5, 0.6) is 0 Å². The minimum absolute atomic E-state index is 0.547. The Kier molecular flexibility index (Phi) is 5.00. The molecule has 0 saturated heterocycles. The Bertz CT molecular complexity index is 860. The number of hydrogen-bond acceptors (Lipinski definition) is 0. The van der Waals surface area contributed by atoms with E-state index in [4.69, 9.17) is 0 Å². The molecule has 1 nitrogen and oxygen atoms in total. The molecular weight excluding hydrogens is 441 g/mol. The van der Waals surface area contributed by atoms with Crippen molar-refractivity contribution in [3.63, 3.8) is 0 Å². The van der Waals surface area contributed by atoms with Gasteiger partial charge in [0.1, 0.15) is 13.1 Å². The van der Waals surface area contributed by atoms with Crippen LogP contribution in [0.4, 0.5) is 0 Å². The van der Waals surface area contributed by atoms with Crippen molar-refractivity contribution in [3.8, 4) is 11.1 Å². The Labute approximate surface area is 178 Å². The summed E-state index contributed by atoms with van der Waals surface area (Å²) in [6.07, 6.45) is 5.35. The predicted octanol–water partition coefficient (Wildman–Crippen LogP) is 6.53. The first-order chi connectivity index (χ1) is 12.7. The van der Waals surface area contributed by atoms with Crippen molar-refractivity contribution in [3.05, 3.63) is 69.3 Å². The molecule has 1 fully saturated rings. The molecule has 0 aliphatic heterocycles. The molecule has 0 spiro atoms. The molecule has 0 aromatic heterocycles. The third-order valence-electron chi connectivity index (χ3n) is 6.87. The zero-order valence-electron chi connectivity index (χ0n) is 17.0. The van der Waals surface area contributed by atoms with Gasteiger partial charge in [0.2, 0.25) is 0 Å². The number of allylic oxidation sites excluding steroid dienone is 1. The number of hydrogen-bond donors (Lipinski definition) is 0. The summed E-state index contributed by atoms with van der Waals surface area (Å²) in [4.78, 5) is 0. The summed E-state index contributed by atoms with van der Waals surface area (Å²) in [6.45, 7) is 7.17. The maximum absolute atomic E-state index is 2.61. The highest BCUT2D eigenvalue weighted by molar-refractivity contribution is 14.1. The summed E-state index contributed by atoms with van der Waals surface area (Å²) in [5, 5.41) is 0. The van der Waals surface area contributed by atoms with Gasteiger partial charge in [-0.1, -0.05) is 62.4 Å². The van der Waals surface area contributed by atoms with Gasteiger partial charge in [-0.15, -0.1) is 0 Å². The molecule has 27 heavy (non-hydrogen) atoms. The smallest absolute Gasteiger partial charge is 0.104 e. The highest BCUT2D eigenvalue weighted by Crippen LogP contribution is 2.58. The lowest BCUT2D eigenvalue weighted by Crippen LogP contribution is -2.49. The van der Waals surface area contributed by atoms with Crippen molar-refractivity contribution >= 4 is 22.6 Å². The van der Waals surface area contributed by atoms with Crippen molar-refractivity contribution < 1.29 is 4.48 Å². The Balaban J connectivity index is 1.43. The van der Waals surface area contributed by atoms with Crippen LogP contribution in [0.3, 0.4) is 0 Å². The number of nitrogens with zero attached hydrogens (tertiary/aromatic N) is 1. The number of halogens is 1. The fourth-order valence-electron chi connectivity index (χ4n) is 5.06. The van der Waals surface area contributed by atoms with Gasteiger partial charge in [0.25, 0.3) is 0 Å². The van der Waals surface area contributed by atoms with E-state index in [-0.39, 0.29) is 0 Å². The van der Waals surface area contributed by atoms with Gasteiger partial charge in [-0.3, -0.25) is 0 Å². The highest BCUT2D eigenvalue weighted by atomic mass is 127. The van der Waals surface area contributed by atoms with Crippen molar-refractivity contribution in [1.82, 2.24) is 0 Å². The van der Waals surface area contributed by atoms with Gasteiger partial charge in [-0.05, 0) is 75.4 Å². The lowest BCUT2D eigenvalue weighted by atomic mass is 9.50. The first-order valence-electron chi connectivity index (χ1n) is 10.1. The number of likely N-dealkylation sites (N-methyl/N-ethyl adjacent to an activating group) is 1. The molecule has 0 unspecified atom stereocenters. The molecule has 1 saturated carbocycles. The van der Waals surface area contributed by atoms with Crippen LogP contribution in [0.25, 0.3) is 11.1 Å². The van der Waals surface area contributed by atoms with Gasteiger partial charge in [0, 0.05) is 9.13 Å². The lowest BCUT2D eigenvalue weighted by Gasteiger charge is -2.55. The largest absolute Gasteiger partial charge is 0.321 e. The van der Waals surface area contributed by atoms with E-state index < -0.39 is 0 Å². The van der Waals surface area contributed by atoms with E-state index in [1.807, 2.05) is 0 Å². The molecule has 2 aromatic carbocycles. The summed E-state index contributed by atoms with van der Waals surface area (Å²) < 4.78 is 2.35. The minimum atomic E-state index is 0.547. The maximum atomic E-state index is 2.61. The van der Waals surface area contributed by atoms with Crippen molar-refractivity contribution in [2.24, 2.45) is 17.3 Å². The van der Waals surface area contributed by atoms with Crippen LogP contribution in [0.1, 0.15) is 32.3 Å². The lowest BCUT2D eigenvalue weighted by molar-refractivity contribution is -0.899. The topological polar surface area (TPSA) is 0 Å². The van der Waals surface area contributed by atoms with Crippen molar-refractivity contribution in [1.29, 1.82) is 0 Å². The van der Waals surface area contributed by atoms with Crippen LogP contribution in [0.2, 0.25) is 0 Å². The van der Waals surface area contributed by atoms with Crippen LogP contribution < -0.4 is 0 Å². The summed E-state index contributed by atoms with van der Waals surface area (Å²) in [6, 6.07) is 17.8. The molecule has 2 heteroatoms. The van der Waals surface area contributed by atoms with Crippen LogP contribution >= 0.6 is 22.6 Å². The molecule has 142 valence electrons. The van der Waals surface area contributed by atoms with E-state index in [0.717, 1.165) is 22.9 Å². The van der Waals surface area contributed by atoms with Gasteiger partial charge in [0.05, 0.1) is 14.1 Å². The second-order valence-electron chi connectivity index (χ2n) is 9.82. The zero-order valence-corrected chi connectivity index (χ0v) is 19.2. The standard InChI is InChI=1S/C25H31IN/c1-25(2)21-13-19(14-22(25)15-21)17-27(3,4)16-18-9-11-20(12-10-18)23-7-5-6-8-24(23)26/h5-13,21-22H,14-17H2,1-4H3/q+1/t21-,22+/m1/s1. The fraction of sp³-hybridized carbons (Fsp3) is 0.440. The van der Waals surface area contributed by atoms with Crippen LogP contribution in [-0.4, -0.2) is 25.1 Å². The van der Waals surface area contributed by atoms with Gasteiger partial charge in [-0.2, -0.15) is 0 Å². The van der Waals surface area contributed by atoms with Gasteiger partial charge in [0.15, 0.2) is 0 Å². The van der Waals surface area contributed by atoms with E-state index in [2.05, 4.69) is 105 Å². The zero-order chi connectivity index (χ0) is 19.2. The summed E-state index contributed by atoms with van der Waals surface area (Å²) >= 11 is 2.42. The minimum Gasteiger partial charge on any atom is -0.321 e. The molecule has 3 aliphatic rings. The second-order valence-corrected chi connectivity index (χ2v) is 11.0. The second kappa shape index (κ2) is 7.04. The predicted molar refractivity (Wildman–Crippen MR) is 123 cm³/mol. The third kappa shape index (κ3) is 3.88. The van der Waals surface area contributed by atoms with Crippen LogP contribution in [0, 0.1) is 20.8 Å². The SMILES string of the molecule is CC1(C)[C@H]2CC(C[N+](C)(C)Cc3ccc(-c4ccccc4I)cc3)=C[C@@H]1C2. The maximum Gasteiger partial charge on any atom is 0.104 e. The van der Waals surface area contributed by atoms with Gasteiger partial charge in [-0.25, -0.2) is 0 Å². The van der Waals surface area contributed by atoms with E-state index in [0.29, 0.717) is 5.41 Å². The highest BCUT2D eigenvalue weighted by Gasteiger charge is 2.50. The average Bonchev–Trinajstić information content (AvgIpc) is 2.62. The molecule has 2 aromatic rings. The Morgan fingerprint density at radius 3 is 2.30 bits per heavy atom. The summed E-state index contributed by atoms with van der Waals surface area (Å²) in [5.74, 6) is 1.73. The Morgan fingerprint density at radius 2 is 1.70 bits per heavy atom. The van der Waals surface area contributed by atoms with Gasteiger partial charge >= 0.3 is 0 Å². The van der Waals surface area contributed by atoms with Crippen LogP contribution in [0.15, 0.2) is 60.2 Å². The molecule has 0 amide bonds. The van der Waals surface area contributed by atoms with E-state index >= 15 is 0 Å². The van der Waals surface area contributed by atoms with E-state index in [1.165, 1.54) is 39.6 Å². The van der Waals surface area contributed by atoms with Gasteiger partial charge < -0.3 is 4.48 Å². The number of rotatable bonds is 5. The first-order valence-corrected chi connectivity index (χ1v) is 11.2. The molecule has 2 bridgehead atoms.